The molecule has 86 valence electrons. The van der Waals surface area contributed by atoms with Gasteiger partial charge in [0.05, 0.1) is 0 Å². The zero-order valence-corrected chi connectivity index (χ0v) is 10.4. The zero-order chi connectivity index (χ0) is 10.6. The summed E-state index contributed by atoms with van der Waals surface area (Å²) in [6, 6.07) is 0. The first-order valence-corrected chi connectivity index (χ1v) is 7.06. The SMILES string of the molecule is CC1(C2CCCCCC2)[C]CCCCC1. The van der Waals surface area contributed by atoms with Gasteiger partial charge in [-0.15, -0.1) is 0 Å². The summed E-state index contributed by atoms with van der Waals surface area (Å²) in [5.74, 6) is 0.957. The lowest BCUT2D eigenvalue weighted by Gasteiger charge is -2.36. The summed E-state index contributed by atoms with van der Waals surface area (Å²) in [5, 5.41) is 0. The van der Waals surface area contributed by atoms with Gasteiger partial charge in [-0.1, -0.05) is 51.9 Å². The smallest absolute Gasteiger partial charge is 0.0106 e. The second-order valence-corrected chi connectivity index (χ2v) is 5.84. The first kappa shape index (κ1) is 11.5. The van der Waals surface area contributed by atoms with Crippen LogP contribution in [0.25, 0.3) is 0 Å². The highest BCUT2D eigenvalue weighted by atomic mass is 14.4. The van der Waals surface area contributed by atoms with E-state index in [2.05, 4.69) is 13.3 Å². The largest absolute Gasteiger partial charge is 0.0588 e. The van der Waals surface area contributed by atoms with E-state index in [1.807, 2.05) is 0 Å². The second kappa shape index (κ2) is 5.37. The minimum Gasteiger partial charge on any atom is -0.0588 e. The van der Waals surface area contributed by atoms with Crippen LogP contribution in [-0.2, 0) is 0 Å². The molecule has 0 aliphatic heterocycles. The quantitative estimate of drug-likeness (QED) is 0.529. The molecule has 2 aliphatic rings. The molecule has 15 heavy (non-hydrogen) atoms. The Hall–Kier alpha value is 0. The van der Waals surface area contributed by atoms with Crippen LogP contribution in [-0.4, -0.2) is 0 Å². The molecule has 1 atom stereocenters. The van der Waals surface area contributed by atoms with E-state index in [1.165, 1.54) is 70.6 Å². The molecule has 0 aromatic rings. The molecule has 0 heterocycles. The van der Waals surface area contributed by atoms with Crippen molar-refractivity contribution in [2.45, 2.75) is 77.6 Å². The Bertz CT molecular complexity index is 166. The van der Waals surface area contributed by atoms with Crippen molar-refractivity contribution in [3.63, 3.8) is 0 Å². The van der Waals surface area contributed by atoms with Crippen LogP contribution in [0, 0.1) is 17.8 Å². The third kappa shape index (κ3) is 2.98. The lowest BCUT2D eigenvalue weighted by Crippen LogP contribution is -2.27. The summed E-state index contributed by atoms with van der Waals surface area (Å²) >= 11 is 0. The minimum absolute atomic E-state index is 0.473. The van der Waals surface area contributed by atoms with Crippen molar-refractivity contribution in [2.75, 3.05) is 0 Å². The van der Waals surface area contributed by atoms with Crippen molar-refractivity contribution in [1.29, 1.82) is 0 Å². The van der Waals surface area contributed by atoms with E-state index in [-0.39, 0.29) is 0 Å². The molecule has 0 heteroatoms. The van der Waals surface area contributed by atoms with Gasteiger partial charge in [0, 0.05) is 0 Å². The predicted molar refractivity (Wildman–Crippen MR) is 65.6 cm³/mol. The van der Waals surface area contributed by atoms with Crippen LogP contribution in [0.15, 0.2) is 0 Å². The van der Waals surface area contributed by atoms with E-state index in [1.54, 1.807) is 0 Å². The van der Waals surface area contributed by atoms with Crippen molar-refractivity contribution in [1.82, 2.24) is 0 Å². The summed E-state index contributed by atoms with van der Waals surface area (Å²) in [5.41, 5.74) is 0.473. The van der Waals surface area contributed by atoms with E-state index in [0.717, 1.165) is 5.92 Å². The van der Waals surface area contributed by atoms with Gasteiger partial charge in [-0.3, -0.25) is 0 Å². The third-order valence-electron chi connectivity index (χ3n) is 4.66. The van der Waals surface area contributed by atoms with Crippen molar-refractivity contribution >= 4 is 0 Å². The summed E-state index contributed by atoms with van der Waals surface area (Å²) in [7, 11) is 0. The number of rotatable bonds is 1. The summed E-state index contributed by atoms with van der Waals surface area (Å²) < 4.78 is 0. The summed E-state index contributed by atoms with van der Waals surface area (Å²) in [6.45, 7) is 2.49. The van der Waals surface area contributed by atoms with E-state index >= 15 is 0 Å². The van der Waals surface area contributed by atoms with Crippen molar-refractivity contribution in [3.05, 3.63) is 6.42 Å². The van der Waals surface area contributed by atoms with Crippen LogP contribution in [0.5, 0.6) is 0 Å². The highest BCUT2D eigenvalue weighted by molar-refractivity contribution is 4.95. The summed E-state index contributed by atoms with van der Waals surface area (Å²) in [6.07, 6.45) is 19.7. The molecule has 0 aromatic carbocycles. The van der Waals surface area contributed by atoms with Crippen LogP contribution in [0.4, 0.5) is 0 Å². The Morgan fingerprint density at radius 2 is 1.53 bits per heavy atom. The first-order valence-electron chi connectivity index (χ1n) is 7.06. The van der Waals surface area contributed by atoms with E-state index < -0.39 is 0 Å². The molecule has 0 saturated heterocycles. The molecule has 0 nitrogen and oxygen atoms in total. The summed E-state index contributed by atoms with van der Waals surface area (Å²) in [4.78, 5) is 0. The molecule has 0 aromatic heterocycles. The molecular formula is C15H26. The monoisotopic (exact) mass is 206 g/mol. The van der Waals surface area contributed by atoms with E-state index in [9.17, 15) is 0 Å². The van der Waals surface area contributed by atoms with Crippen molar-refractivity contribution in [2.24, 2.45) is 11.3 Å². The normalized spacial score (nSPS) is 29.4. The fourth-order valence-corrected chi connectivity index (χ4v) is 3.52. The van der Waals surface area contributed by atoms with E-state index in [4.69, 9.17) is 0 Å². The fraction of sp³-hybridized carbons (Fsp3) is 0.933. The van der Waals surface area contributed by atoms with Gasteiger partial charge in [-0.2, -0.15) is 0 Å². The van der Waals surface area contributed by atoms with Gasteiger partial charge in [0.15, 0.2) is 0 Å². The van der Waals surface area contributed by atoms with Gasteiger partial charge in [-0.25, -0.2) is 0 Å². The highest BCUT2D eigenvalue weighted by Gasteiger charge is 2.34. The molecule has 2 radical (unpaired) electrons. The van der Waals surface area contributed by atoms with Crippen LogP contribution in [0.3, 0.4) is 0 Å². The first-order chi connectivity index (χ1) is 7.31. The van der Waals surface area contributed by atoms with Crippen molar-refractivity contribution in [3.8, 4) is 0 Å². The Kier molecular flexibility index (Phi) is 4.11. The van der Waals surface area contributed by atoms with Crippen LogP contribution >= 0.6 is 0 Å². The molecule has 0 spiro atoms. The van der Waals surface area contributed by atoms with Gasteiger partial charge < -0.3 is 0 Å². The zero-order valence-electron chi connectivity index (χ0n) is 10.4. The van der Waals surface area contributed by atoms with Gasteiger partial charge in [-0.05, 0) is 43.4 Å². The topological polar surface area (TPSA) is 0 Å². The lowest BCUT2D eigenvalue weighted by atomic mass is 9.68. The number of hydrogen-bond donors (Lipinski definition) is 0. The van der Waals surface area contributed by atoms with E-state index in [0.29, 0.717) is 5.41 Å². The Balaban J connectivity index is 1.97. The predicted octanol–water partition coefficient (Wildman–Crippen LogP) is 5.01. The molecule has 1 unspecified atom stereocenters. The van der Waals surface area contributed by atoms with Gasteiger partial charge in [0.2, 0.25) is 0 Å². The Labute approximate surface area is 95.8 Å². The molecule has 0 amide bonds. The third-order valence-corrected chi connectivity index (χ3v) is 4.66. The molecule has 0 N–H and O–H groups in total. The minimum atomic E-state index is 0.473. The van der Waals surface area contributed by atoms with Gasteiger partial charge in [0.1, 0.15) is 0 Å². The number of hydrogen-bond acceptors (Lipinski definition) is 0. The lowest BCUT2D eigenvalue weighted by molar-refractivity contribution is 0.188. The maximum atomic E-state index is 3.86. The Morgan fingerprint density at radius 3 is 2.27 bits per heavy atom. The van der Waals surface area contributed by atoms with Crippen LogP contribution in [0.1, 0.15) is 77.6 Å². The van der Waals surface area contributed by atoms with Crippen LogP contribution in [0.2, 0.25) is 0 Å². The maximum Gasteiger partial charge on any atom is -0.0106 e. The standard InChI is InChI=1S/C15H26/c1-15(12-8-4-5-9-13-15)14-10-6-2-3-7-11-14/h14H,2-12H2,1H3. The van der Waals surface area contributed by atoms with Gasteiger partial charge in [0.25, 0.3) is 0 Å². The highest BCUT2D eigenvalue weighted by Crippen LogP contribution is 2.45. The molecule has 2 saturated carbocycles. The van der Waals surface area contributed by atoms with Crippen molar-refractivity contribution < 1.29 is 0 Å². The molecular weight excluding hydrogens is 180 g/mol. The van der Waals surface area contributed by atoms with Crippen LogP contribution < -0.4 is 0 Å². The molecule has 0 bridgehead atoms. The molecule has 2 rings (SSSR count). The molecule has 2 fully saturated rings. The Morgan fingerprint density at radius 1 is 0.867 bits per heavy atom. The van der Waals surface area contributed by atoms with Gasteiger partial charge >= 0.3 is 0 Å². The fourth-order valence-electron chi connectivity index (χ4n) is 3.52. The maximum absolute atomic E-state index is 3.86. The molecule has 2 aliphatic carbocycles. The average Bonchev–Trinajstić information content (AvgIpc) is 2.60. The second-order valence-electron chi connectivity index (χ2n) is 5.84. The average molecular weight is 206 g/mol.